The highest BCUT2D eigenvalue weighted by atomic mass is 32.2. The third kappa shape index (κ3) is 3.48. The van der Waals surface area contributed by atoms with Crippen LogP contribution in [0, 0.1) is 6.92 Å². The smallest absolute Gasteiger partial charge is 0.0942 e. The molecule has 0 N–H and O–H groups in total. The predicted octanol–water partition coefficient (Wildman–Crippen LogP) is 2.31. The summed E-state index contributed by atoms with van der Waals surface area (Å²) in [7, 11) is 1.97. The van der Waals surface area contributed by atoms with Crippen LogP contribution >= 0.6 is 24.4 Å². The number of thioether (sulfide) groups is 1. The van der Waals surface area contributed by atoms with Crippen LogP contribution in [-0.4, -0.2) is 21.3 Å². The van der Waals surface area contributed by atoms with Crippen molar-refractivity contribution < 1.29 is 0 Å². The van der Waals surface area contributed by atoms with Crippen LogP contribution in [0.1, 0.15) is 5.69 Å². The maximum atomic E-state index is 4.27. The van der Waals surface area contributed by atoms with Gasteiger partial charge in [-0.2, -0.15) is 17.7 Å². The Morgan fingerprint density at radius 1 is 1.62 bits per heavy atom. The Kier molecular flexibility index (Phi) is 4.45. The summed E-state index contributed by atoms with van der Waals surface area (Å²) < 4.78 is 1.91. The molecule has 0 atom stereocenters. The molecule has 0 amide bonds. The van der Waals surface area contributed by atoms with Gasteiger partial charge in [-0.25, -0.2) is 0 Å². The van der Waals surface area contributed by atoms with Gasteiger partial charge in [0.05, 0.1) is 10.7 Å². The van der Waals surface area contributed by atoms with Gasteiger partial charge in [-0.05, 0) is 13.0 Å². The van der Waals surface area contributed by atoms with Crippen LogP contribution in [0.2, 0.25) is 0 Å². The number of hydrogen-bond acceptors (Lipinski definition) is 3. The quantitative estimate of drug-likeness (QED) is 0.471. The number of thiol groups is 1. The van der Waals surface area contributed by atoms with Crippen molar-refractivity contribution in [1.29, 1.82) is 0 Å². The van der Waals surface area contributed by atoms with Gasteiger partial charge in [0.2, 0.25) is 0 Å². The zero-order valence-corrected chi connectivity index (χ0v) is 9.61. The Labute approximate surface area is 88.8 Å². The second-order valence-corrected chi connectivity index (χ2v) is 4.12. The van der Waals surface area contributed by atoms with Gasteiger partial charge >= 0.3 is 0 Å². The van der Waals surface area contributed by atoms with E-state index in [2.05, 4.69) is 35.9 Å². The normalized spacial score (nSPS) is 11.3. The van der Waals surface area contributed by atoms with E-state index in [0.717, 1.165) is 17.2 Å². The first-order valence-corrected chi connectivity index (χ1v) is 5.75. The molecule has 1 aromatic rings. The Balaban J connectivity index is 2.45. The number of rotatable bonds is 4. The number of aromatic nitrogens is 2. The standard InChI is InChI=1S/C9H14N2S2/c1-8-7-9(11(2)10-8)13-6-4-3-5-12/h3-4,7,12H,5-6H2,1-2H3. The highest BCUT2D eigenvalue weighted by Crippen LogP contribution is 2.17. The number of hydrogen-bond donors (Lipinski definition) is 1. The molecule has 1 heterocycles. The summed E-state index contributed by atoms with van der Waals surface area (Å²) in [5, 5.41) is 5.48. The van der Waals surface area contributed by atoms with Crippen molar-refractivity contribution in [3.8, 4) is 0 Å². The molecule has 0 aliphatic heterocycles. The van der Waals surface area contributed by atoms with E-state index in [1.807, 2.05) is 18.7 Å². The highest BCUT2D eigenvalue weighted by molar-refractivity contribution is 7.99. The summed E-state index contributed by atoms with van der Waals surface area (Å²) >= 11 is 5.88. The number of aryl methyl sites for hydroxylation is 2. The summed E-state index contributed by atoms with van der Waals surface area (Å²) in [5.74, 6) is 1.80. The molecule has 13 heavy (non-hydrogen) atoms. The third-order valence-electron chi connectivity index (χ3n) is 1.56. The van der Waals surface area contributed by atoms with E-state index in [0.29, 0.717) is 0 Å². The van der Waals surface area contributed by atoms with Gasteiger partial charge in [-0.15, -0.1) is 11.8 Å². The van der Waals surface area contributed by atoms with Gasteiger partial charge in [-0.1, -0.05) is 12.2 Å². The zero-order valence-electron chi connectivity index (χ0n) is 7.90. The van der Waals surface area contributed by atoms with Gasteiger partial charge in [0.25, 0.3) is 0 Å². The lowest BCUT2D eigenvalue weighted by Crippen LogP contribution is -1.92. The molecule has 0 radical (unpaired) electrons. The maximum absolute atomic E-state index is 4.27. The molecule has 0 aliphatic rings. The van der Waals surface area contributed by atoms with Crippen LogP contribution in [0.4, 0.5) is 0 Å². The van der Waals surface area contributed by atoms with Crippen LogP contribution in [0.25, 0.3) is 0 Å². The largest absolute Gasteiger partial charge is 0.262 e. The first-order valence-electron chi connectivity index (χ1n) is 4.13. The SMILES string of the molecule is Cc1cc(SCC=CCS)n(C)n1. The predicted molar refractivity (Wildman–Crippen MR) is 61.7 cm³/mol. The van der Waals surface area contributed by atoms with Gasteiger partial charge in [0, 0.05) is 18.6 Å². The van der Waals surface area contributed by atoms with E-state index in [4.69, 9.17) is 0 Å². The van der Waals surface area contributed by atoms with E-state index < -0.39 is 0 Å². The molecule has 0 unspecified atom stereocenters. The van der Waals surface area contributed by atoms with Gasteiger partial charge in [0.1, 0.15) is 0 Å². The van der Waals surface area contributed by atoms with Crippen LogP contribution in [0.3, 0.4) is 0 Å². The molecular weight excluding hydrogens is 200 g/mol. The lowest BCUT2D eigenvalue weighted by molar-refractivity contribution is 0.693. The maximum Gasteiger partial charge on any atom is 0.0942 e. The van der Waals surface area contributed by atoms with E-state index in [1.165, 1.54) is 5.03 Å². The van der Waals surface area contributed by atoms with Crippen molar-refractivity contribution >= 4 is 24.4 Å². The second-order valence-electron chi connectivity index (χ2n) is 2.71. The molecule has 4 heteroatoms. The van der Waals surface area contributed by atoms with Crippen LogP contribution in [-0.2, 0) is 7.05 Å². The molecule has 0 spiro atoms. The van der Waals surface area contributed by atoms with Crippen molar-refractivity contribution in [3.63, 3.8) is 0 Å². The second kappa shape index (κ2) is 5.40. The molecule has 72 valence electrons. The molecule has 1 aromatic heterocycles. The van der Waals surface area contributed by atoms with E-state index >= 15 is 0 Å². The van der Waals surface area contributed by atoms with E-state index in [-0.39, 0.29) is 0 Å². The first kappa shape index (κ1) is 10.7. The van der Waals surface area contributed by atoms with Crippen LogP contribution in [0.15, 0.2) is 23.2 Å². The highest BCUT2D eigenvalue weighted by Gasteiger charge is 1.99. The Morgan fingerprint density at radius 2 is 2.38 bits per heavy atom. The summed E-state index contributed by atoms with van der Waals surface area (Å²) in [6.45, 7) is 2.01. The first-order chi connectivity index (χ1) is 6.24. The zero-order chi connectivity index (χ0) is 9.68. The fourth-order valence-electron chi connectivity index (χ4n) is 0.998. The summed E-state index contributed by atoms with van der Waals surface area (Å²) in [6, 6.07) is 2.10. The average Bonchev–Trinajstić information content (AvgIpc) is 2.39. The van der Waals surface area contributed by atoms with Crippen molar-refractivity contribution in [2.24, 2.45) is 7.05 Å². The molecule has 0 saturated heterocycles. The molecule has 0 aliphatic carbocycles. The van der Waals surface area contributed by atoms with E-state index in [9.17, 15) is 0 Å². The van der Waals surface area contributed by atoms with Gasteiger partial charge < -0.3 is 0 Å². The molecular formula is C9H14N2S2. The van der Waals surface area contributed by atoms with Gasteiger partial charge in [0.15, 0.2) is 0 Å². The third-order valence-corrected chi connectivity index (χ3v) is 2.81. The van der Waals surface area contributed by atoms with Crippen molar-refractivity contribution in [1.82, 2.24) is 9.78 Å². The van der Waals surface area contributed by atoms with Gasteiger partial charge in [-0.3, -0.25) is 4.68 Å². The minimum atomic E-state index is 0.810. The Morgan fingerprint density at radius 3 is 2.92 bits per heavy atom. The lowest BCUT2D eigenvalue weighted by Gasteiger charge is -1.96. The minimum Gasteiger partial charge on any atom is -0.262 e. The van der Waals surface area contributed by atoms with Crippen LogP contribution in [0.5, 0.6) is 0 Å². The van der Waals surface area contributed by atoms with Crippen molar-refractivity contribution in [2.45, 2.75) is 11.9 Å². The van der Waals surface area contributed by atoms with Crippen molar-refractivity contribution in [2.75, 3.05) is 11.5 Å². The lowest BCUT2D eigenvalue weighted by atomic mass is 10.5. The van der Waals surface area contributed by atoms with Crippen molar-refractivity contribution in [3.05, 3.63) is 23.9 Å². The minimum absolute atomic E-state index is 0.810. The molecule has 2 nitrogen and oxygen atoms in total. The Hall–Kier alpha value is -0.350. The van der Waals surface area contributed by atoms with Crippen LogP contribution < -0.4 is 0 Å². The average molecular weight is 214 g/mol. The number of nitrogens with zero attached hydrogens (tertiary/aromatic N) is 2. The molecule has 0 fully saturated rings. The summed E-state index contributed by atoms with van der Waals surface area (Å²) in [6.07, 6.45) is 4.18. The summed E-state index contributed by atoms with van der Waals surface area (Å²) in [5.41, 5.74) is 1.07. The molecule has 0 bridgehead atoms. The monoisotopic (exact) mass is 214 g/mol. The molecule has 1 rings (SSSR count). The Bertz CT molecular complexity index is 292. The molecule has 0 saturated carbocycles. The summed E-state index contributed by atoms with van der Waals surface area (Å²) in [4.78, 5) is 0. The van der Waals surface area contributed by atoms with E-state index in [1.54, 1.807) is 11.8 Å². The fraction of sp³-hybridized carbons (Fsp3) is 0.444. The fourth-order valence-corrected chi connectivity index (χ4v) is 2.03. The molecule has 0 aromatic carbocycles. The topological polar surface area (TPSA) is 17.8 Å².